The Morgan fingerprint density at radius 3 is 2.42 bits per heavy atom. The summed E-state index contributed by atoms with van der Waals surface area (Å²) >= 11 is 0. The molecule has 1 heterocycles. The van der Waals surface area contributed by atoms with Gasteiger partial charge in [-0.05, 0) is 79.2 Å². The fraction of sp³-hybridized carbons (Fsp3) is 0.385. The zero-order chi connectivity index (χ0) is 26.9. The number of hydrogen-bond acceptors (Lipinski definition) is 6. The van der Waals surface area contributed by atoms with Crippen molar-refractivity contribution in [3.05, 3.63) is 64.6 Å². The molecule has 1 atom stereocenters. The number of benzene rings is 1. The van der Waals surface area contributed by atoms with Crippen LogP contribution in [-0.2, 0) is 35.7 Å². The Balaban J connectivity index is 1.19. The number of rotatable bonds is 6. The second kappa shape index (κ2) is 10.4. The molecule has 0 bridgehead atoms. The molecule has 3 aliphatic carbocycles. The molecule has 3 aliphatic rings. The summed E-state index contributed by atoms with van der Waals surface area (Å²) in [5.74, 6) is -0.348. The van der Waals surface area contributed by atoms with Crippen molar-refractivity contribution in [1.29, 1.82) is 0 Å². The van der Waals surface area contributed by atoms with E-state index in [0.717, 1.165) is 78.1 Å². The van der Waals surface area contributed by atoms with Crippen molar-refractivity contribution in [2.45, 2.75) is 56.8 Å². The Morgan fingerprint density at radius 1 is 1.03 bits per heavy atom. The predicted molar refractivity (Wildman–Crippen MR) is 140 cm³/mol. The molecule has 0 saturated heterocycles. The molecule has 0 spiro atoms. The summed E-state index contributed by atoms with van der Waals surface area (Å²) in [7, 11) is -4.29. The molecule has 4 N–H and O–H groups in total. The summed E-state index contributed by atoms with van der Waals surface area (Å²) in [6, 6.07) is 0.807. The summed E-state index contributed by atoms with van der Waals surface area (Å²) in [4.78, 5) is 37.0. The van der Waals surface area contributed by atoms with Crippen LogP contribution in [0, 0.1) is 5.92 Å². The fourth-order valence-electron chi connectivity index (χ4n) is 5.23. The first-order chi connectivity index (χ1) is 18.2. The molecule has 0 aliphatic heterocycles. The zero-order valence-corrected chi connectivity index (χ0v) is 21.9. The Kier molecular flexibility index (Phi) is 7.06. The van der Waals surface area contributed by atoms with Crippen LogP contribution in [0.3, 0.4) is 0 Å². The van der Waals surface area contributed by atoms with Crippen LogP contribution >= 0.6 is 0 Å². The number of fused-ring (bicyclic) bond motifs is 2. The molecule has 0 fully saturated rings. The molecule has 5 rings (SSSR count). The first-order valence-corrected chi connectivity index (χ1v) is 14.2. The molecule has 1 aromatic heterocycles. The van der Waals surface area contributed by atoms with Crippen LogP contribution in [0.2, 0.25) is 0 Å². The smallest absolute Gasteiger partial charge is 0.329 e. The van der Waals surface area contributed by atoms with Gasteiger partial charge in [0.15, 0.2) is 0 Å². The van der Waals surface area contributed by atoms with Gasteiger partial charge in [-0.3, -0.25) is 4.79 Å². The van der Waals surface area contributed by atoms with Crippen LogP contribution in [0.25, 0.3) is 0 Å². The van der Waals surface area contributed by atoms with Crippen molar-refractivity contribution in [2.75, 3.05) is 11.9 Å². The summed E-state index contributed by atoms with van der Waals surface area (Å²) in [6.07, 6.45) is 13.9. The predicted octanol–water partition coefficient (Wildman–Crippen LogP) is 2.79. The van der Waals surface area contributed by atoms with E-state index in [9.17, 15) is 22.8 Å². The number of anilines is 1. The number of amides is 4. The van der Waals surface area contributed by atoms with Crippen molar-refractivity contribution in [2.24, 2.45) is 5.92 Å². The molecule has 0 radical (unpaired) electrons. The summed E-state index contributed by atoms with van der Waals surface area (Å²) in [6.45, 7) is 1.62. The molecule has 1 unspecified atom stereocenters. The van der Waals surface area contributed by atoms with Gasteiger partial charge >= 0.3 is 12.1 Å². The minimum Gasteiger partial charge on any atom is -0.329 e. The van der Waals surface area contributed by atoms with E-state index in [4.69, 9.17) is 0 Å². The summed E-state index contributed by atoms with van der Waals surface area (Å²) in [5.41, 5.74) is 6.05. The lowest BCUT2D eigenvalue weighted by Crippen LogP contribution is -2.39. The number of allylic oxidation sites excluding steroid dienone is 4. The van der Waals surface area contributed by atoms with E-state index in [2.05, 4.69) is 27.1 Å². The Labute approximate surface area is 220 Å². The Morgan fingerprint density at radius 2 is 1.74 bits per heavy atom. The molecule has 12 heteroatoms. The van der Waals surface area contributed by atoms with Gasteiger partial charge in [0, 0.05) is 11.4 Å². The van der Waals surface area contributed by atoms with Crippen LogP contribution < -0.4 is 20.7 Å². The van der Waals surface area contributed by atoms with Gasteiger partial charge in [-0.25, -0.2) is 27.4 Å². The second-order valence-corrected chi connectivity index (χ2v) is 11.6. The van der Waals surface area contributed by atoms with Crippen molar-refractivity contribution < 1.29 is 22.8 Å². The van der Waals surface area contributed by atoms with E-state index in [1.807, 2.05) is 23.8 Å². The first kappa shape index (κ1) is 25.7. The number of hydrogen-bond donors (Lipinski definition) is 4. The van der Waals surface area contributed by atoms with Crippen LogP contribution in [0.4, 0.5) is 15.3 Å². The number of nitrogens with zero attached hydrogens (tertiary/aromatic N) is 2. The van der Waals surface area contributed by atoms with Gasteiger partial charge < -0.3 is 16.0 Å². The molecule has 200 valence electrons. The zero-order valence-electron chi connectivity index (χ0n) is 21.0. The monoisotopic (exact) mass is 538 g/mol. The van der Waals surface area contributed by atoms with E-state index in [0.29, 0.717) is 12.3 Å². The maximum atomic E-state index is 12.8. The number of carbonyl (C=O) groups excluding carboxylic acids is 3. The lowest BCUT2D eigenvalue weighted by molar-refractivity contribution is 0.0898. The summed E-state index contributed by atoms with van der Waals surface area (Å²) < 4.78 is 28.5. The highest BCUT2D eigenvalue weighted by Gasteiger charge is 2.27. The average molecular weight is 539 g/mol. The molecular weight excluding hydrogens is 508 g/mol. The quantitative estimate of drug-likeness (QED) is 0.444. The van der Waals surface area contributed by atoms with Gasteiger partial charge in [0.1, 0.15) is 11.4 Å². The fourth-order valence-corrected chi connectivity index (χ4v) is 6.07. The van der Waals surface area contributed by atoms with E-state index in [1.165, 1.54) is 11.1 Å². The number of nitrogens with one attached hydrogen (secondary N) is 4. The normalized spacial score (nSPS) is 17.8. The number of aryl methyl sites for hydroxylation is 2. The van der Waals surface area contributed by atoms with E-state index < -0.39 is 34.5 Å². The highest BCUT2D eigenvalue weighted by molar-refractivity contribution is 7.90. The van der Waals surface area contributed by atoms with Crippen molar-refractivity contribution in [3.63, 3.8) is 0 Å². The van der Waals surface area contributed by atoms with Gasteiger partial charge in [-0.2, -0.15) is 5.10 Å². The minimum absolute atomic E-state index is 0.298. The largest absolute Gasteiger partial charge is 0.333 e. The number of carbonyl (C=O) groups is 3. The van der Waals surface area contributed by atoms with Crippen LogP contribution in [0.5, 0.6) is 0 Å². The standard InChI is InChI=1S/C26H30N6O5S/c1-16-5-2-8-19(11-16)29-25(34)27-14-23(33)32-15-20(13-28-32)38(36,37)31-26(35)30-24-21-9-3-6-17(21)12-18-7-4-10-22(18)24/h2,5,8,12-13,15-16H,3-4,6-7,9-11,14H2,1H3,(H2,27,29,34)(H2,30,31,35). The first-order valence-electron chi connectivity index (χ1n) is 12.7. The van der Waals surface area contributed by atoms with Crippen molar-refractivity contribution in [1.82, 2.24) is 25.1 Å². The van der Waals surface area contributed by atoms with Crippen molar-refractivity contribution in [3.8, 4) is 0 Å². The molecule has 2 aromatic rings. The van der Waals surface area contributed by atoms with Crippen LogP contribution in [-0.4, -0.2) is 42.7 Å². The lowest BCUT2D eigenvalue weighted by Gasteiger charge is -2.16. The second-order valence-electron chi connectivity index (χ2n) is 9.87. The van der Waals surface area contributed by atoms with Gasteiger partial charge in [0.05, 0.1) is 12.4 Å². The number of aromatic nitrogens is 2. The molecular formula is C26H30N6O5S. The van der Waals surface area contributed by atoms with Gasteiger partial charge in [0.25, 0.3) is 15.9 Å². The maximum absolute atomic E-state index is 12.8. The molecule has 1 aromatic carbocycles. The van der Waals surface area contributed by atoms with Crippen molar-refractivity contribution >= 4 is 33.7 Å². The third kappa shape index (κ3) is 5.49. The third-order valence-electron chi connectivity index (χ3n) is 7.02. The average Bonchev–Trinajstić information content (AvgIpc) is 3.62. The van der Waals surface area contributed by atoms with E-state index >= 15 is 0 Å². The van der Waals surface area contributed by atoms with E-state index in [1.54, 1.807) is 6.08 Å². The summed E-state index contributed by atoms with van der Waals surface area (Å²) in [5, 5.41) is 11.7. The topological polar surface area (TPSA) is 151 Å². The Bertz CT molecular complexity index is 1440. The van der Waals surface area contributed by atoms with Crippen LogP contribution in [0.15, 0.2) is 47.3 Å². The minimum atomic E-state index is -4.29. The van der Waals surface area contributed by atoms with E-state index in [-0.39, 0.29) is 4.90 Å². The molecule has 4 amide bonds. The SMILES string of the molecule is CC1C=CC=C(NC(=O)NCC(=O)n2cc(S(=O)(=O)NC(=O)Nc3c4c(cc5c3CCC5)CCC4)cn2)C1. The third-order valence-corrected chi connectivity index (χ3v) is 8.30. The highest BCUT2D eigenvalue weighted by Crippen LogP contribution is 2.38. The van der Waals surface area contributed by atoms with Gasteiger partial charge in [-0.1, -0.05) is 25.1 Å². The molecule has 11 nitrogen and oxygen atoms in total. The highest BCUT2D eigenvalue weighted by atomic mass is 32.2. The van der Waals surface area contributed by atoms with Crippen LogP contribution in [0.1, 0.15) is 53.2 Å². The Hall–Kier alpha value is -3.93. The number of sulfonamides is 1. The van der Waals surface area contributed by atoms with Gasteiger partial charge in [0.2, 0.25) is 0 Å². The van der Waals surface area contributed by atoms with Gasteiger partial charge in [-0.15, -0.1) is 0 Å². The maximum Gasteiger partial charge on any atom is 0.333 e. The molecule has 0 saturated carbocycles. The molecule has 38 heavy (non-hydrogen) atoms. The lowest BCUT2D eigenvalue weighted by atomic mass is 9.99. The number of urea groups is 2.